The van der Waals surface area contributed by atoms with Gasteiger partial charge in [0, 0.05) is 24.0 Å². The molecule has 0 saturated carbocycles. The first kappa shape index (κ1) is 13.1. The van der Waals surface area contributed by atoms with Gasteiger partial charge in [0.05, 0.1) is 0 Å². The van der Waals surface area contributed by atoms with Crippen LogP contribution in [0.4, 0.5) is 11.4 Å². The number of nitrogens with two attached hydrogens (primary N) is 1. The average molecular weight is 254 g/mol. The number of nitrogens with zero attached hydrogens (tertiary/aromatic N) is 1. The summed E-state index contributed by atoms with van der Waals surface area (Å²) in [6, 6.07) is 12.9. The van der Waals surface area contributed by atoms with E-state index < -0.39 is 0 Å². The number of hydrogen-bond acceptors (Lipinski definition) is 2. The van der Waals surface area contributed by atoms with Crippen LogP contribution >= 0.6 is 0 Å². The van der Waals surface area contributed by atoms with E-state index in [0.29, 0.717) is 11.3 Å². The lowest BCUT2D eigenvalue weighted by molar-refractivity contribution is 0.0993. The molecule has 0 bridgehead atoms. The highest BCUT2D eigenvalue weighted by atomic mass is 16.2. The van der Waals surface area contributed by atoms with Crippen molar-refractivity contribution < 1.29 is 4.79 Å². The van der Waals surface area contributed by atoms with Gasteiger partial charge < -0.3 is 10.6 Å². The lowest BCUT2D eigenvalue weighted by Crippen LogP contribution is -2.27. The zero-order valence-electron chi connectivity index (χ0n) is 11.5. The van der Waals surface area contributed by atoms with Crippen molar-refractivity contribution in [1.29, 1.82) is 0 Å². The first-order valence-electron chi connectivity index (χ1n) is 6.20. The molecule has 3 nitrogen and oxygen atoms in total. The highest BCUT2D eigenvalue weighted by Crippen LogP contribution is 2.23. The molecule has 0 aromatic heterocycles. The number of aryl methyl sites for hydroxylation is 1. The van der Waals surface area contributed by atoms with Gasteiger partial charge >= 0.3 is 0 Å². The molecule has 98 valence electrons. The molecule has 0 unspecified atom stereocenters. The molecule has 0 heterocycles. The average Bonchev–Trinajstić information content (AvgIpc) is 2.41. The third-order valence-electron chi connectivity index (χ3n) is 3.40. The fourth-order valence-corrected chi connectivity index (χ4v) is 2.03. The standard InChI is InChI=1S/C16H18N2O/c1-11-5-4-6-15(12(11)2)18(3)16(19)13-7-9-14(17)10-8-13/h4-10H,17H2,1-3H3. The van der Waals surface area contributed by atoms with Crippen LogP contribution in [0.2, 0.25) is 0 Å². The molecule has 2 N–H and O–H groups in total. The number of anilines is 2. The van der Waals surface area contributed by atoms with Crippen molar-refractivity contribution in [3.8, 4) is 0 Å². The van der Waals surface area contributed by atoms with Gasteiger partial charge in [-0.3, -0.25) is 4.79 Å². The van der Waals surface area contributed by atoms with Gasteiger partial charge in [0.15, 0.2) is 0 Å². The summed E-state index contributed by atoms with van der Waals surface area (Å²) in [6.45, 7) is 4.07. The van der Waals surface area contributed by atoms with Crippen molar-refractivity contribution in [3.05, 3.63) is 59.2 Å². The fourth-order valence-electron chi connectivity index (χ4n) is 2.03. The monoisotopic (exact) mass is 254 g/mol. The van der Waals surface area contributed by atoms with Gasteiger partial charge in [-0.15, -0.1) is 0 Å². The van der Waals surface area contributed by atoms with Crippen molar-refractivity contribution in [2.75, 3.05) is 17.7 Å². The summed E-state index contributed by atoms with van der Waals surface area (Å²) in [5, 5.41) is 0. The lowest BCUT2D eigenvalue weighted by Gasteiger charge is -2.20. The third kappa shape index (κ3) is 2.60. The van der Waals surface area contributed by atoms with Gasteiger partial charge in [0.25, 0.3) is 5.91 Å². The number of nitrogen functional groups attached to an aromatic ring is 1. The van der Waals surface area contributed by atoms with Crippen LogP contribution in [0.25, 0.3) is 0 Å². The Kier molecular flexibility index (Phi) is 3.56. The molecular weight excluding hydrogens is 236 g/mol. The van der Waals surface area contributed by atoms with Gasteiger partial charge in [-0.25, -0.2) is 0 Å². The molecular formula is C16H18N2O. The molecule has 0 fully saturated rings. The number of hydrogen-bond donors (Lipinski definition) is 1. The number of benzene rings is 2. The molecule has 0 aliphatic rings. The third-order valence-corrected chi connectivity index (χ3v) is 3.40. The summed E-state index contributed by atoms with van der Waals surface area (Å²) >= 11 is 0. The molecule has 0 spiro atoms. The van der Waals surface area contributed by atoms with E-state index in [4.69, 9.17) is 5.73 Å². The van der Waals surface area contributed by atoms with Crippen molar-refractivity contribution in [2.45, 2.75) is 13.8 Å². The van der Waals surface area contributed by atoms with Crippen LogP contribution in [0.15, 0.2) is 42.5 Å². The van der Waals surface area contributed by atoms with E-state index in [-0.39, 0.29) is 5.91 Å². The summed E-state index contributed by atoms with van der Waals surface area (Å²) in [5.74, 6) is -0.0336. The maximum Gasteiger partial charge on any atom is 0.258 e. The van der Waals surface area contributed by atoms with E-state index in [1.807, 2.05) is 32.0 Å². The van der Waals surface area contributed by atoms with E-state index in [2.05, 4.69) is 0 Å². The van der Waals surface area contributed by atoms with Gasteiger partial charge in [0.2, 0.25) is 0 Å². The van der Waals surface area contributed by atoms with Crippen LogP contribution in [0.3, 0.4) is 0 Å². The maximum atomic E-state index is 12.4. The summed E-state index contributed by atoms with van der Waals surface area (Å²) in [7, 11) is 1.79. The van der Waals surface area contributed by atoms with Crippen LogP contribution in [0.1, 0.15) is 21.5 Å². The zero-order chi connectivity index (χ0) is 14.0. The Balaban J connectivity index is 2.33. The summed E-state index contributed by atoms with van der Waals surface area (Å²) < 4.78 is 0. The molecule has 0 aliphatic heterocycles. The van der Waals surface area contributed by atoms with E-state index in [0.717, 1.165) is 11.3 Å². The molecule has 0 saturated heterocycles. The molecule has 3 heteroatoms. The number of carbonyl (C=O) groups is 1. The second kappa shape index (κ2) is 5.14. The minimum atomic E-state index is -0.0336. The molecule has 2 rings (SSSR count). The van der Waals surface area contributed by atoms with Crippen LogP contribution < -0.4 is 10.6 Å². The van der Waals surface area contributed by atoms with E-state index in [1.165, 1.54) is 5.56 Å². The van der Waals surface area contributed by atoms with Crippen molar-refractivity contribution in [2.24, 2.45) is 0 Å². The Bertz CT molecular complexity index is 603. The van der Waals surface area contributed by atoms with Gasteiger partial charge in [-0.2, -0.15) is 0 Å². The minimum Gasteiger partial charge on any atom is -0.399 e. The van der Waals surface area contributed by atoms with Crippen molar-refractivity contribution in [1.82, 2.24) is 0 Å². The normalized spacial score (nSPS) is 10.3. The Morgan fingerprint density at radius 1 is 1.05 bits per heavy atom. The Labute approximate surface area is 113 Å². The van der Waals surface area contributed by atoms with Crippen LogP contribution in [-0.2, 0) is 0 Å². The molecule has 0 atom stereocenters. The Morgan fingerprint density at radius 3 is 2.32 bits per heavy atom. The molecule has 0 aliphatic carbocycles. The predicted octanol–water partition coefficient (Wildman–Crippen LogP) is 3.16. The Morgan fingerprint density at radius 2 is 1.68 bits per heavy atom. The highest BCUT2D eigenvalue weighted by molar-refractivity contribution is 6.06. The van der Waals surface area contributed by atoms with Crippen LogP contribution in [0.5, 0.6) is 0 Å². The predicted molar refractivity (Wildman–Crippen MR) is 79.5 cm³/mol. The fraction of sp³-hybridized carbons (Fsp3) is 0.188. The number of rotatable bonds is 2. The lowest BCUT2D eigenvalue weighted by atomic mass is 10.1. The quantitative estimate of drug-likeness (QED) is 0.837. The molecule has 2 aromatic carbocycles. The molecule has 19 heavy (non-hydrogen) atoms. The SMILES string of the molecule is Cc1cccc(N(C)C(=O)c2ccc(N)cc2)c1C. The number of carbonyl (C=O) groups excluding carboxylic acids is 1. The first-order chi connectivity index (χ1) is 9.00. The maximum absolute atomic E-state index is 12.4. The highest BCUT2D eigenvalue weighted by Gasteiger charge is 2.15. The summed E-state index contributed by atoms with van der Waals surface area (Å²) in [6.07, 6.45) is 0. The van der Waals surface area contributed by atoms with E-state index in [9.17, 15) is 4.79 Å². The topological polar surface area (TPSA) is 46.3 Å². The molecule has 2 aromatic rings. The van der Waals surface area contributed by atoms with Gasteiger partial charge in [-0.05, 0) is 55.3 Å². The minimum absolute atomic E-state index is 0.0336. The summed E-state index contributed by atoms with van der Waals surface area (Å²) in [4.78, 5) is 14.1. The second-order valence-corrected chi connectivity index (χ2v) is 4.71. The van der Waals surface area contributed by atoms with Crippen LogP contribution in [0, 0.1) is 13.8 Å². The zero-order valence-corrected chi connectivity index (χ0v) is 11.5. The Hall–Kier alpha value is -2.29. The van der Waals surface area contributed by atoms with Gasteiger partial charge in [0.1, 0.15) is 0 Å². The largest absolute Gasteiger partial charge is 0.399 e. The van der Waals surface area contributed by atoms with E-state index >= 15 is 0 Å². The van der Waals surface area contributed by atoms with Crippen LogP contribution in [-0.4, -0.2) is 13.0 Å². The van der Waals surface area contributed by atoms with Gasteiger partial charge in [-0.1, -0.05) is 12.1 Å². The number of amides is 1. The molecule has 1 amide bonds. The smallest absolute Gasteiger partial charge is 0.258 e. The molecule has 0 radical (unpaired) electrons. The second-order valence-electron chi connectivity index (χ2n) is 4.71. The van der Waals surface area contributed by atoms with Crippen molar-refractivity contribution in [3.63, 3.8) is 0 Å². The van der Waals surface area contributed by atoms with E-state index in [1.54, 1.807) is 36.2 Å². The first-order valence-corrected chi connectivity index (χ1v) is 6.20. The summed E-state index contributed by atoms with van der Waals surface area (Å²) in [5.41, 5.74) is 10.2. The van der Waals surface area contributed by atoms with Crippen molar-refractivity contribution >= 4 is 17.3 Å².